The molecular weight excluding hydrogens is 327 g/mol. The molecule has 0 aliphatic heterocycles. The van der Waals surface area contributed by atoms with Crippen molar-refractivity contribution in [1.82, 2.24) is 0 Å². The fourth-order valence-electron chi connectivity index (χ4n) is 1.72. The lowest BCUT2D eigenvalue weighted by Gasteiger charge is -2.10. The monoisotopic (exact) mass is 338 g/mol. The van der Waals surface area contributed by atoms with E-state index in [9.17, 15) is 4.39 Å². The first-order valence-electron chi connectivity index (χ1n) is 5.75. The van der Waals surface area contributed by atoms with E-state index >= 15 is 0 Å². The van der Waals surface area contributed by atoms with Gasteiger partial charge in [-0.05, 0) is 12.1 Å². The molecule has 4 nitrogen and oxygen atoms in total. The highest BCUT2D eigenvalue weighted by Crippen LogP contribution is 2.22. The molecule has 0 aromatic heterocycles. The minimum absolute atomic E-state index is 0.00428. The first kappa shape index (κ1) is 14.3. The maximum atomic E-state index is 13.2. The molecule has 104 valence electrons. The van der Waals surface area contributed by atoms with Crippen LogP contribution in [0.15, 0.2) is 52.1 Å². The molecule has 0 aliphatic rings. The van der Waals surface area contributed by atoms with E-state index in [0.717, 1.165) is 5.56 Å². The summed E-state index contributed by atoms with van der Waals surface area (Å²) in [5.41, 5.74) is 6.90. The van der Waals surface area contributed by atoms with Crippen LogP contribution in [0.25, 0.3) is 0 Å². The number of nitrogens with two attached hydrogens (primary N) is 1. The van der Waals surface area contributed by atoms with E-state index in [2.05, 4.69) is 21.1 Å². The number of halogens is 2. The molecule has 0 unspecified atom stereocenters. The van der Waals surface area contributed by atoms with Crippen molar-refractivity contribution in [3.05, 3.63) is 63.9 Å². The standard InChI is InChI=1S/C14H12BrFN2O2/c15-10-5-11(16)7-12(6-10)20-8-9-3-1-2-4-13(9)14(17)18-19/h1-7,19H,8H2,(H2,17,18). The first-order chi connectivity index (χ1) is 9.60. The normalized spacial score (nSPS) is 11.4. The van der Waals surface area contributed by atoms with E-state index in [0.29, 0.717) is 15.8 Å². The Kier molecular flexibility index (Phi) is 4.57. The van der Waals surface area contributed by atoms with Gasteiger partial charge in [-0.25, -0.2) is 4.39 Å². The summed E-state index contributed by atoms with van der Waals surface area (Å²) >= 11 is 3.20. The van der Waals surface area contributed by atoms with Crippen molar-refractivity contribution in [2.24, 2.45) is 10.9 Å². The Morgan fingerprint density at radius 2 is 2.05 bits per heavy atom. The second kappa shape index (κ2) is 6.38. The van der Waals surface area contributed by atoms with Crippen molar-refractivity contribution in [3.63, 3.8) is 0 Å². The van der Waals surface area contributed by atoms with Crippen LogP contribution in [0.3, 0.4) is 0 Å². The summed E-state index contributed by atoms with van der Waals surface area (Å²) in [5, 5.41) is 11.7. The summed E-state index contributed by atoms with van der Waals surface area (Å²) in [6.45, 7) is 0.183. The average Bonchev–Trinajstić information content (AvgIpc) is 2.43. The summed E-state index contributed by atoms with van der Waals surface area (Å²) in [5.74, 6) is 0.00917. The second-order valence-corrected chi connectivity index (χ2v) is 4.95. The third kappa shape index (κ3) is 3.48. The van der Waals surface area contributed by atoms with Crippen LogP contribution in [0.5, 0.6) is 5.75 Å². The summed E-state index contributed by atoms with van der Waals surface area (Å²) in [4.78, 5) is 0. The molecule has 0 saturated heterocycles. The predicted molar refractivity (Wildman–Crippen MR) is 77.4 cm³/mol. The zero-order valence-corrected chi connectivity index (χ0v) is 12.0. The Morgan fingerprint density at radius 1 is 1.30 bits per heavy atom. The molecule has 20 heavy (non-hydrogen) atoms. The van der Waals surface area contributed by atoms with Gasteiger partial charge in [0, 0.05) is 21.7 Å². The molecule has 2 rings (SSSR count). The molecule has 0 bridgehead atoms. The van der Waals surface area contributed by atoms with E-state index in [1.54, 1.807) is 24.3 Å². The van der Waals surface area contributed by atoms with Gasteiger partial charge in [0.1, 0.15) is 18.2 Å². The molecule has 0 atom stereocenters. The highest BCUT2D eigenvalue weighted by atomic mass is 79.9. The van der Waals surface area contributed by atoms with E-state index in [-0.39, 0.29) is 18.3 Å². The second-order valence-electron chi connectivity index (χ2n) is 4.04. The Balaban J connectivity index is 2.19. The van der Waals surface area contributed by atoms with Gasteiger partial charge in [0.25, 0.3) is 0 Å². The third-order valence-electron chi connectivity index (χ3n) is 2.63. The molecule has 0 amide bonds. The predicted octanol–water partition coefficient (Wildman–Crippen LogP) is 3.26. The molecule has 3 N–H and O–H groups in total. The highest BCUT2D eigenvalue weighted by molar-refractivity contribution is 9.10. The van der Waals surface area contributed by atoms with Crippen LogP contribution < -0.4 is 10.5 Å². The van der Waals surface area contributed by atoms with Crippen LogP contribution >= 0.6 is 15.9 Å². The van der Waals surface area contributed by atoms with E-state index < -0.39 is 0 Å². The van der Waals surface area contributed by atoms with Gasteiger partial charge in [0.2, 0.25) is 0 Å². The van der Waals surface area contributed by atoms with Gasteiger partial charge in [-0.1, -0.05) is 45.4 Å². The van der Waals surface area contributed by atoms with Gasteiger partial charge < -0.3 is 15.7 Å². The molecule has 0 aliphatic carbocycles. The number of hydrogen-bond acceptors (Lipinski definition) is 3. The Morgan fingerprint density at radius 3 is 2.75 bits per heavy atom. The summed E-state index contributed by atoms with van der Waals surface area (Å²) in [6.07, 6.45) is 0. The van der Waals surface area contributed by atoms with Crippen molar-refractivity contribution in [2.45, 2.75) is 6.61 Å². The molecular formula is C14H12BrFN2O2. The van der Waals surface area contributed by atoms with E-state index in [1.807, 2.05) is 6.07 Å². The van der Waals surface area contributed by atoms with Gasteiger partial charge in [0.05, 0.1) is 0 Å². The topological polar surface area (TPSA) is 67.8 Å². The van der Waals surface area contributed by atoms with Crippen LogP contribution in [-0.4, -0.2) is 11.0 Å². The molecule has 0 saturated carbocycles. The molecule has 0 radical (unpaired) electrons. The number of rotatable bonds is 4. The quantitative estimate of drug-likeness (QED) is 0.389. The first-order valence-corrected chi connectivity index (χ1v) is 6.54. The highest BCUT2D eigenvalue weighted by Gasteiger charge is 2.07. The maximum absolute atomic E-state index is 13.2. The van der Waals surface area contributed by atoms with Crippen LogP contribution in [-0.2, 0) is 6.61 Å². The molecule has 0 spiro atoms. The zero-order valence-electron chi connectivity index (χ0n) is 10.4. The van der Waals surface area contributed by atoms with Crippen LogP contribution in [0.1, 0.15) is 11.1 Å². The Hall–Kier alpha value is -2.08. The van der Waals surface area contributed by atoms with Gasteiger partial charge in [-0.3, -0.25) is 0 Å². The lowest BCUT2D eigenvalue weighted by molar-refractivity contribution is 0.303. The van der Waals surface area contributed by atoms with Gasteiger partial charge >= 0.3 is 0 Å². The van der Waals surface area contributed by atoms with Crippen molar-refractivity contribution >= 4 is 21.8 Å². The number of ether oxygens (including phenoxy) is 1. The zero-order chi connectivity index (χ0) is 14.5. The number of oxime groups is 1. The fourth-order valence-corrected chi connectivity index (χ4v) is 2.17. The van der Waals surface area contributed by atoms with Crippen molar-refractivity contribution < 1.29 is 14.3 Å². The van der Waals surface area contributed by atoms with Gasteiger partial charge in [-0.15, -0.1) is 0 Å². The van der Waals surface area contributed by atoms with E-state index in [1.165, 1.54) is 12.1 Å². The van der Waals surface area contributed by atoms with Gasteiger partial charge in [-0.2, -0.15) is 0 Å². The lowest BCUT2D eigenvalue weighted by Crippen LogP contribution is -2.16. The Labute approximate surface area is 123 Å². The number of benzene rings is 2. The third-order valence-corrected chi connectivity index (χ3v) is 3.09. The summed E-state index contributed by atoms with van der Waals surface area (Å²) in [6, 6.07) is 11.4. The lowest BCUT2D eigenvalue weighted by atomic mass is 10.1. The Bertz CT molecular complexity index is 627. The minimum Gasteiger partial charge on any atom is -0.489 e. The largest absolute Gasteiger partial charge is 0.489 e. The van der Waals surface area contributed by atoms with Crippen molar-refractivity contribution in [2.75, 3.05) is 0 Å². The number of nitrogens with zero attached hydrogens (tertiary/aromatic N) is 1. The van der Waals surface area contributed by atoms with Gasteiger partial charge in [0.15, 0.2) is 5.84 Å². The van der Waals surface area contributed by atoms with E-state index in [4.69, 9.17) is 15.7 Å². The molecule has 2 aromatic carbocycles. The number of hydrogen-bond donors (Lipinski definition) is 2. The molecule has 2 aromatic rings. The van der Waals surface area contributed by atoms with Crippen molar-refractivity contribution in [1.29, 1.82) is 0 Å². The van der Waals surface area contributed by atoms with Crippen LogP contribution in [0.4, 0.5) is 4.39 Å². The minimum atomic E-state index is -0.390. The molecule has 6 heteroatoms. The molecule has 0 fully saturated rings. The smallest absolute Gasteiger partial charge is 0.170 e. The number of amidine groups is 1. The fraction of sp³-hybridized carbons (Fsp3) is 0.0714. The van der Waals surface area contributed by atoms with Crippen LogP contribution in [0.2, 0.25) is 0 Å². The van der Waals surface area contributed by atoms with Crippen molar-refractivity contribution in [3.8, 4) is 5.75 Å². The average molecular weight is 339 g/mol. The van der Waals surface area contributed by atoms with Crippen LogP contribution in [0, 0.1) is 5.82 Å². The molecule has 0 heterocycles. The SMILES string of the molecule is N/C(=N/O)c1ccccc1COc1cc(F)cc(Br)c1. The maximum Gasteiger partial charge on any atom is 0.170 e. The summed E-state index contributed by atoms with van der Waals surface area (Å²) in [7, 11) is 0. The summed E-state index contributed by atoms with van der Waals surface area (Å²) < 4.78 is 19.4.